The van der Waals surface area contributed by atoms with Crippen molar-refractivity contribution < 1.29 is 4.92 Å². The largest absolute Gasteiger partial charge is 0.363 e. The van der Waals surface area contributed by atoms with Gasteiger partial charge >= 0.3 is 0 Å². The predicted molar refractivity (Wildman–Crippen MR) is 67.5 cm³/mol. The SMILES string of the molecule is Cc1ccc(N2CCNC(C)C2)c([N+](=O)[O-])c1. The summed E-state index contributed by atoms with van der Waals surface area (Å²) < 4.78 is 0. The minimum absolute atomic E-state index is 0.208. The molecule has 5 nitrogen and oxygen atoms in total. The number of benzene rings is 1. The van der Waals surface area contributed by atoms with E-state index in [0.29, 0.717) is 6.04 Å². The van der Waals surface area contributed by atoms with Crippen LogP contribution in [0.3, 0.4) is 0 Å². The highest BCUT2D eigenvalue weighted by Crippen LogP contribution is 2.29. The van der Waals surface area contributed by atoms with Crippen molar-refractivity contribution in [2.75, 3.05) is 24.5 Å². The normalized spacial score (nSPS) is 20.4. The zero-order chi connectivity index (χ0) is 12.4. The molecule has 1 unspecified atom stereocenters. The highest BCUT2D eigenvalue weighted by Gasteiger charge is 2.23. The summed E-state index contributed by atoms with van der Waals surface area (Å²) in [6.07, 6.45) is 0. The molecule has 1 aliphatic rings. The first-order valence-electron chi connectivity index (χ1n) is 5.81. The molecule has 5 heteroatoms. The number of aryl methyl sites for hydroxylation is 1. The summed E-state index contributed by atoms with van der Waals surface area (Å²) in [7, 11) is 0. The Morgan fingerprint density at radius 2 is 2.29 bits per heavy atom. The average Bonchev–Trinajstić information content (AvgIpc) is 2.28. The number of anilines is 1. The predicted octanol–water partition coefficient (Wildman–Crippen LogP) is 1.70. The van der Waals surface area contributed by atoms with Crippen molar-refractivity contribution in [3.63, 3.8) is 0 Å². The molecule has 1 aliphatic heterocycles. The van der Waals surface area contributed by atoms with Crippen LogP contribution in [0.4, 0.5) is 11.4 Å². The van der Waals surface area contributed by atoms with Gasteiger partial charge < -0.3 is 10.2 Å². The molecule has 1 saturated heterocycles. The van der Waals surface area contributed by atoms with E-state index in [1.54, 1.807) is 6.07 Å². The first-order chi connectivity index (χ1) is 8.08. The number of nitrogens with one attached hydrogen (secondary N) is 1. The molecule has 0 amide bonds. The molecule has 2 rings (SSSR count). The van der Waals surface area contributed by atoms with Gasteiger partial charge in [-0.05, 0) is 25.5 Å². The summed E-state index contributed by atoms with van der Waals surface area (Å²) in [4.78, 5) is 12.8. The summed E-state index contributed by atoms with van der Waals surface area (Å²) in [5, 5.41) is 14.4. The topological polar surface area (TPSA) is 58.4 Å². The van der Waals surface area contributed by atoms with Crippen molar-refractivity contribution in [3.05, 3.63) is 33.9 Å². The van der Waals surface area contributed by atoms with Gasteiger partial charge in [0.25, 0.3) is 5.69 Å². The maximum atomic E-state index is 11.1. The number of piperazine rings is 1. The summed E-state index contributed by atoms with van der Waals surface area (Å²) in [6, 6.07) is 5.78. The van der Waals surface area contributed by atoms with Crippen LogP contribution in [-0.4, -0.2) is 30.6 Å². The van der Waals surface area contributed by atoms with E-state index in [1.165, 1.54) is 0 Å². The Morgan fingerprint density at radius 3 is 2.94 bits per heavy atom. The van der Waals surface area contributed by atoms with Gasteiger partial charge in [-0.3, -0.25) is 10.1 Å². The third-order valence-corrected chi connectivity index (χ3v) is 3.04. The maximum Gasteiger partial charge on any atom is 0.292 e. The monoisotopic (exact) mass is 235 g/mol. The number of hydrogen-bond acceptors (Lipinski definition) is 4. The van der Waals surface area contributed by atoms with Gasteiger partial charge in [-0.15, -0.1) is 0 Å². The Bertz CT molecular complexity index is 434. The third kappa shape index (κ3) is 2.55. The van der Waals surface area contributed by atoms with Crippen LogP contribution in [-0.2, 0) is 0 Å². The second-order valence-corrected chi connectivity index (χ2v) is 4.55. The molecule has 0 bridgehead atoms. The van der Waals surface area contributed by atoms with Gasteiger partial charge in [-0.25, -0.2) is 0 Å². The van der Waals surface area contributed by atoms with E-state index in [4.69, 9.17) is 0 Å². The van der Waals surface area contributed by atoms with Crippen molar-refractivity contribution in [1.82, 2.24) is 5.32 Å². The lowest BCUT2D eigenvalue weighted by atomic mass is 10.1. The number of nitrogens with zero attached hydrogens (tertiary/aromatic N) is 2. The molecule has 0 saturated carbocycles. The number of rotatable bonds is 2. The summed E-state index contributed by atoms with van der Waals surface area (Å²) >= 11 is 0. The smallest absolute Gasteiger partial charge is 0.292 e. The van der Waals surface area contributed by atoms with Crippen molar-refractivity contribution in [2.45, 2.75) is 19.9 Å². The van der Waals surface area contributed by atoms with Crippen molar-refractivity contribution in [1.29, 1.82) is 0 Å². The zero-order valence-electron chi connectivity index (χ0n) is 10.1. The second-order valence-electron chi connectivity index (χ2n) is 4.55. The van der Waals surface area contributed by atoms with Crippen LogP contribution in [0, 0.1) is 17.0 Å². The van der Waals surface area contributed by atoms with Crippen molar-refractivity contribution >= 4 is 11.4 Å². The standard InChI is InChI=1S/C12H17N3O2/c1-9-3-4-11(12(7-9)15(16)17)14-6-5-13-10(2)8-14/h3-4,7,10,13H,5-6,8H2,1-2H3. The molecule has 1 aromatic rings. The molecule has 1 atom stereocenters. The van der Waals surface area contributed by atoms with Gasteiger partial charge in [0.15, 0.2) is 0 Å². The number of nitro benzene ring substituents is 1. The fourth-order valence-corrected chi connectivity index (χ4v) is 2.20. The van der Waals surface area contributed by atoms with E-state index in [2.05, 4.69) is 17.1 Å². The van der Waals surface area contributed by atoms with Crippen LogP contribution in [0.25, 0.3) is 0 Å². The molecule has 1 fully saturated rings. The molecule has 0 spiro atoms. The summed E-state index contributed by atoms with van der Waals surface area (Å²) in [5.41, 5.74) is 1.86. The summed E-state index contributed by atoms with van der Waals surface area (Å²) in [5.74, 6) is 0. The molecule has 1 N–H and O–H groups in total. The second kappa shape index (κ2) is 4.71. The van der Waals surface area contributed by atoms with E-state index in [1.807, 2.05) is 19.1 Å². The Hall–Kier alpha value is -1.62. The first-order valence-corrected chi connectivity index (χ1v) is 5.81. The van der Waals surface area contributed by atoms with Gasteiger partial charge in [0.2, 0.25) is 0 Å². The molecular formula is C12H17N3O2. The van der Waals surface area contributed by atoms with Gasteiger partial charge in [0, 0.05) is 31.7 Å². The fourth-order valence-electron chi connectivity index (χ4n) is 2.20. The van der Waals surface area contributed by atoms with Crippen molar-refractivity contribution in [2.24, 2.45) is 0 Å². The first kappa shape index (κ1) is 11.9. The van der Waals surface area contributed by atoms with Crippen LogP contribution >= 0.6 is 0 Å². The molecule has 0 aromatic heterocycles. The fraction of sp³-hybridized carbons (Fsp3) is 0.500. The van der Waals surface area contributed by atoms with E-state index < -0.39 is 0 Å². The van der Waals surface area contributed by atoms with E-state index in [0.717, 1.165) is 30.9 Å². The lowest BCUT2D eigenvalue weighted by Crippen LogP contribution is -2.49. The number of nitro groups is 1. The van der Waals surface area contributed by atoms with E-state index in [-0.39, 0.29) is 10.6 Å². The number of hydrogen-bond donors (Lipinski definition) is 1. The van der Waals surface area contributed by atoms with Gasteiger partial charge in [0.05, 0.1) is 4.92 Å². The third-order valence-electron chi connectivity index (χ3n) is 3.04. The molecule has 1 heterocycles. The maximum absolute atomic E-state index is 11.1. The highest BCUT2D eigenvalue weighted by molar-refractivity contribution is 5.64. The van der Waals surface area contributed by atoms with Gasteiger partial charge in [-0.2, -0.15) is 0 Å². The van der Waals surface area contributed by atoms with Gasteiger partial charge in [-0.1, -0.05) is 6.07 Å². The molecule has 1 aromatic carbocycles. The Morgan fingerprint density at radius 1 is 1.53 bits per heavy atom. The van der Waals surface area contributed by atoms with Crippen LogP contribution in [0.5, 0.6) is 0 Å². The zero-order valence-corrected chi connectivity index (χ0v) is 10.1. The quantitative estimate of drug-likeness (QED) is 0.626. The minimum atomic E-state index is -0.297. The molecule has 17 heavy (non-hydrogen) atoms. The molecular weight excluding hydrogens is 218 g/mol. The molecule has 0 aliphatic carbocycles. The van der Waals surface area contributed by atoms with Crippen LogP contribution < -0.4 is 10.2 Å². The average molecular weight is 235 g/mol. The Balaban J connectivity index is 2.33. The lowest BCUT2D eigenvalue weighted by molar-refractivity contribution is -0.384. The Labute approximate surface area is 101 Å². The highest BCUT2D eigenvalue weighted by atomic mass is 16.6. The lowest BCUT2D eigenvalue weighted by Gasteiger charge is -2.33. The molecule has 0 radical (unpaired) electrons. The van der Waals surface area contributed by atoms with Gasteiger partial charge in [0.1, 0.15) is 5.69 Å². The Kier molecular flexibility index (Phi) is 3.28. The molecule has 92 valence electrons. The van der Waals surface area contributed by atoms with Crippen LogP contribution in [0.1, 0.15) is 12.5 Å². The van der Waals surface area contributed by atoms with E-state index in [9.17, 15) is 10.1 Å². The summed E-state index contributed by atoms with van der Waals surface area (Å²) in [6.45, 7) is 6.45. The van der Waals surface area contributed by atoms with Crippen LogP contribution in [0.15, 0.2) is 18.2 Å². The van der Waals surface area contributed by atoms with Crippen LogP contribution in [0.2, 0.25) is 0 Å². The minimum Gasteiger partial charge on any atom is -0.363 e. The van der Waals surface area contributed by atoms with E-state index >= 15 is 0 Å². The van der Waals surface area contributed by atoms with Crippen molar-refractivity contribution in [3.8, 4) is 0 Å².